The molecule has 0 atom stereocenters. The molecule has 1 N–H and O–H groups in total. The van der Waals surface area contributed by atoms with Gasteiger partial charge in [0.15, 0.2) is 5.16 Å². The summed E-state index contributed by atoms with van der Waals surface area (Å²) < 4.78 is 7.48. The molecule has 1 amide bonds. The van der Waals surface area contributed by atoms with E-state index in [2.05, 4.69) is 21.1 Å². The molecule has 3 aromatic rings. The Labute approximate surface area is 156 Å². The monoisotopic (exact) mass is 365 g/mol. The van der Waals surface area contributed by atoms with E-state index in [0.717, 1.165) is 45.7 Å². The maximum absolute atomic E-state index is 12.3. The first kappa shape index (κ1) is 16.7. The Hall–Kier alpha value is -2.73. The molecule has 1 aromatic heterocycles. The van der Waals surface area contributed by atoms with Crippen LogP contribution in [0.3, 0.4) is 0 Å². The zero-order valence-corrected chi connectivity index (χ0v) is 15.3. The average molecular weight is 365 g/mol. The van der Waals surface area contributed by atoms with Crippen molar-refractivity contribution >= 4 is 23.4 Å². The highest BCUT2D eigenvalue weighted by molar-refractivity contribution is 7.99. The van der Waals surface area contributed by atoms with Gasteiger partial charge in [-0.15, -0.1) is 0 Å². The van der Waals surface area contributed by atoms with Gasteiger partial charge < -0.3 is 14.6 Å². The molecule has 0 aliphatic carbocycles. The van der Waals surface area contributed by atoms with Crippen LogP contribution in [0.1, 0.15) is 5.56 Å². The van der Waals surface area contributed by atoms with Gasteiger partial charge >= 0.3 is 0 Å². The van der Waals surface area contributed by atoms with E-state index in [0.29, 0.717) is 0 Å². The number of nitrogens with one attached hydrogen (secondary N) is 1. The number of rotatable bonds is 5. The molecule has 2 aromatic carbocycles. The largest absolute Gasteiger partial charge is 0.496 e. The molecule has 6 heteroatoms. The molecule has 0 saturated heterocycles. The highest BCUT2D eigenvalue weighted by Crippen LogP contribution is 2.29. The molecule has 0 radical (unpaired) electrons. The fraction of sp³-hybridized carbons (Fsp3) is 0.200. The third-order valence-electron chi connectivity index (χ3n) is 4.31. The minimum Gasteiger partial charge on any atom is -0.496 e. The van der Waals surface area contributed by atoms with Gasteiger partial charge in [-0.25, -0.2) is 4.98 Å². The van der Waals surface area contributed by atoms with Crippen molar-refractivity contribution in [2.24, 2.45) is 0 Å². The molecular formula is C20H19N3O2S. The predicted octanol–water partition coefficient (Wildman–Crippen LogP) is 3.85. The molecule has 5 nitrogen and oxygen atoms in total. The van der Waals surface area contributed by atoms with Gasteiger partial charge in [0, 0.05) is 35.3 Å². The number of nitrogens with zero attached hydrogens (tertiary/aromatic N) is 2. The van der Waals surface area contributed by atoms with E-state index in [1.54, 1.807) is 18.9 Å². The average Bonchev–Trinajstić information content (AvgIpc) is 3.25. The van der Waals surface area contributed by atoms with Crippen molar-refractivity contribution in [1.82, 2.24) is 9.55 Å². The lowest BCUT2D eigenvalue weighted by Gasteiger charge is -2.09. The summed E-state index contributed by atoms with van der Waals surface area (Å²) >= 11 is 1.78. The quantitative estimate of drug-likeness (QED) is 0.746. The molecule has 1 aliphatic heterocycles. The molecule has 0 saturated carbocycles. The number of aromatic nitrogens is 2. The van der Waals surface area contributed by atoms with Crippen LogP contribution in [0.4, 0.5) is 5.69 Å². The van der Waals surface area contributed by atoms with Gasteiger partial charge in [-0.05, 0) is 18.2 Å². The van der Waals surface area contributed by atoms with Gasteiger partial charge in [0.05, 0.1) is 19.2 Å². The van der Waals surface area contributed by atoms with Gasteiger partial charge in [0.2, 0.25) is 5.91 Å². The molecule has 26 heavy (non-hydrogen) atoms. The number of thioether (sulfide) groups is 1. The Morgan fingerprint density at radius 1 is 1.23 bits per heavy atom. The minimum atomic E-state index is -0.0698. The fourth-order valence-electron chi connectivity index (χ4n) is 3.00. The number of amides is 1. The molecule has 0 spiro atoms. The van der Waals surface area contributed by atoms with Gasteiger partial charge in [-0.2, -0.15) is 0 Å². The first-order valence-corrected chi connectivity index (χ1v) is 9.43. The lowest BCUT2D eigenvalue weighted by Crippen LogP contribution is -2.14. The number of benzene rings is 2. The zero-order valence-electron chi connectivity index (χ0n) is 14.4. The second kappa shape index (κ2) is 7.25. The van der Waals surface area contributed by atoms with Crippen molar-refractivity contribution in [2.75, 3.05) is 18.2 Å². The third-order valence-corrected chi connectivity index (χ3v) is 5.28. The second-order valence-corrected chi connectivity index (χ2v) is 7.13. The van der Waals surface area contributed by atoms with Crippen LogP contribution in [-0.4, -0.2) is 28.3 Å². The van der Waals surface area contributed by atoms with Crippen LogP contribution in [0.5, 0.6) is 5.75 Å². The number of hydrogen-bond donors (Lipinski definition) is 1. The number of hydrogen-bond acceptors (Lipinski definition) is 4. The minimum absolute atomic E-state index is 0.0698. The Morgan fingerprint density at radius 3 is 2.81 bits per heavy atom. The summed E-state index contributed by atoms with van der Waals surface area (Å²) in [4.78, 5) is 17.0. The maximum Gasteiger partial charge on any atom is 0.228 e. The van der Waals surface area contributed by atoms with Crippen molar-refractivity contribution in [3.63, 3.8) is 0 Å². The number of carbonyl (C=O) groups excluding carboxylic acids is 1. The standard InChI is InChI=1S/C20H19N3O2S/c1-25-18-5-3-2-4-15(18)12-19(24)21-16-8-6-14(7-9-16)17-13-23-10-11-26-20(23)22-17/h2-9,13H,10-12H2,1H3,(H,21,24). The molecule has 0 bridgehead atoms. The number of fused-ring (bicyclic) bond motifs is 1. The molecule has 0 unspecified atom stereocenters. The molecular weight excluding hydrogens is 346 g/mol. The van der Waals surface area contributed by atoms with E-state index < -0.39 is 0 Å². The van der Waals surface area contributed by atoms with E-state index >= 15 is 0 Å². The number of aryl methyl sites for hydroxylation is 1. The summed E-state index contributed by atoms with van der Waals surface area (Å²) in [7, 11) is 1.61. The van der Waals surface area contributed by atoms with Gasteiger partial charge in [0.1, 0.15) is 5.75 Å². The number of methoxy groups -OCH3 is 1. The van der Waals surface area contributed by atoms with Gasteiger partial charge in [-0.1, -0.05) is 42.1 Å². The van der Waals surface area contributed by atoms with Crippen LogP contribution in [0.2, 0.25) is 0 Å². The predicted molar refractivity (Wildman–Crippen MR) is 104 cm³/mol. The van der Waals surface area contributed by atoms with Crippen molar-refractivity contribution < 1.29 is 9.53 Å². The normalized spacial score (nSPS) is 12.7. The highest BCUT2D eigenvalue weighted by Gasteiger charge is 2.15. The Morgan fingerprint density at radius 2 is 2.04 bits per heavy atom. The number of para-hydroxylation sites is 1. The first-order valence-electron chi connectivity index (χ1n) is 8.45. The van der Waals surface area contributed by atoms with E-state index in [1.165, 1.54) is 0 Å². The molecule has 1 aliphatic rings. The van der Waals surface area contributed by atoms with Crippen LogP contribution in [0.25, 0.3) is 11.3 Å². The van der Waals surface area contributed by atoms with Crippen LogP contribution in [0, 0.1) is 0 Å². The molecule has 0 fully saturated rings. The Bertz CT molecular complexity index is 913. The number of ether oxygens (including phenoxy) is 1. The fourth-order valence-corrected chi connectivity index (χ4v) is 3.94. The Kier molecular flexibility index (Phi) is 4.67. The van der Waals surface area contributed by atoms with Crippen molar-refractivity contribution in [3.05, 3.63) is 60.3 Å². The second-order valence-electron chi connectivity index (χ2n) is 6.06. The summed E-state index contributed by atoms with van der Waals surface area (Å²) in [5.41, 5.74) is 3.67. The maximum atomic E-state index is 12.3. The molecule has 132 valence electrons. The number of carbonyl (C=O) groups is 1. The zero-order chi connectivity index (χ0) is 17.9. The lowest BCUT2D eigenvalue weighted by molar-refractivity contribution is -0.115. The molecule has 2 heterocycles. The third kappa shape index (κ3) is 3.46. The molecule has 4 rings (SSSR count). The smallest absolute Gasteiger partial charge is 0.228 e. The van der Waals surface area contributed by atoms with E-state index in [4.69, 9.17) is 4.74 Å². The first-order chi connectivity index (χ1) is 12.7. The van der Waals surface area contributed by atoms with Crippen molar-refractivity contribution in [3.8, 4) is 17.0 Å². The Balaban J connectivity index is 1.43. The summed E-state index contributed by atoms with van der Waals surface area (Å²) in [5, 5.41) is 4.01. The summed E-state index contributed by atoms with van der Waals surface area (Å²) in [6, 6.07) is 15.3. The van der Waals surface area contributed by atoms with Gasteiger partial charge in [0.25, 0.3) is 0 Å². The van der Waals surface area contributed by atoms with E-state index in [1.807, 2.05) is 48.5 Å². The van der Waals surface area contributed by atoms with E-state index in [-0.39, 0.29) is 12.3 Å². The summed E-state index contributed by atoms with van der Waals surface area (Å²) in [6.07, 6.45) is 2.36. The van der Waals surface area contributed by atoms with Crippen molar-refractivity contribution in [1.29, 1.82) is 0 Å². The number of imidazole rings is 1. The highest BCUT2D eigenvalue weighted by atomic mass is 32.2. The van der Waals surface area contributed by atoms with Gasteiger partial charge in [-0.3, -0.25) is 4.79 Å². The van der Waals surface area contributed by atoms with Crippen LogP contribution < -0.4 is 10.1 Å². The SMILES string of the molecule is COc1ccccc1CC(=O)Nc1ccc(-c2cn3c(n2)SCC3)cc1. The van der Waals surface area contributed by atoms with E-state index in [9.17, 15) is 4.79 Å². The van der Waals surface area contributed by atoms with Crippen LogP contribution in [-0.2, 0) is 17.8 Å². The lowest BCUT2D eigenvalue weighted by atomic mass is 10.1. The van der Waals surface area contributed by atoms with Crippen molar-refractivity contribution in [2.45, 2.75) is 18.1 Å². The van der Waals surface area contributed by atoms with Crippen LogP contribution in [0.15, 0.2) is 59.9 Å². The number of anilines is 1. The summed E-state index contributed by atoms with van der Waals surface area (Å²) in [6.45, 7) is 1.02. The topological polar surface area (TPSA) is 56.1 Å². The van der Waals surface area contributed by atoms with Crippen LogP contribution >= 0.6 is 11.8 Å². The summed E-state index contributed by atoms with van der Waals surface area (Å²) in [5.74, 6) is 1.75.